The van der Waals surface area contributed by atoms with Gasteiger partial charge in [0.2, 0.25) is 0 Å². The summed E-state index contributed by atoms with van der Waals surface area (Å²) in [7, 11) is 0. The number of piperidine rings is 1. The van der Waals surface area contributed by atoms with Crippen molar-refractivity contribution in [3.05, 3.63) is 11.6 Å². The molecule has 70 valence electrons. The van der Waals surface area contributed by atoms with Crippen LogP contribution in [-0.2, 0) is 0 Å². The van der Waals surface area contributed by atoms with E-state index < -0.39 is 0 Å². The third kappa shape index (κ3) is 2.95. The van der Waals surface area contributed by atoms with Crippen molar-refractivity contribution < 1.29 is 5.11 Å². The van der Waals surface area contributed by atoms with Crippen LogP contribution < -0.4 is 0 Å². The van der Waals surface area contributed by atoms with Crippen LogP contribution in [0.3, 0.4) is 0 Å². The van der Waals surface area contributed by atoms with Gasteiger partial charge in [-0.1, -0.05) is 11.6 Å². The maximum Gasteiger partial charge on any atom is 0.0667 e. The molecule has 1 fully saturated rings. The van der Waals surface area contributed by atoms with Crippen LogP contribution >= 0.6 is 0 Å². The van der Waals surface area contributed by atoms with Crippen molar-refractivity contribution in [2.45, 2.75) is 32.8 Å². The molecule has 0 aromatic rings. The Hall–Kier alpha value is -0.340. The molecule has 0 spiro atoms. The molecular formula is C10H19NO. The van der Waals surface area contributed by atoms with Crippen molar-refractivity contribution in [2.75, 3.05) is 19.6 Å². The highest BCUT2D eigenvalue weighted by Gasteiger charge is 2.16. The van der Waals surface area contributed by atoms with Crippen LogP contribution in [0.1, 0.15) is 26.7 Å². The second-order valence-corrected chi connectivity index (χ2v) is 3.67. The third-order valence-electron chi connectivity index (χ3n) is 2.45. The first kappa shape index (κ1) is 9.75. The number of aliphatic hydroxyl groups excluding tert-OH is 1. The minimum atomic E-state index is -0.0941. The Kier molecular flexibility index (Phi) is 3.76. The van der Waals surface area contributed by atoms with Crippen LogP contribution in [0.2, 0.25) is 0 Å². The predicted molar refractivity (Wildman–Crippen MR) is 51.1 cm³/mol. The highest BCUT2D eigenvalue weighted by atomic mass is 16.3. The highest BCUT2D eigenvalue weighted by molar-refractivity contribution is 4.99. The van der Waals surface area contributed by atoms with Gasteiger partial charge >= 0.3 is 0 Å². The average molecular weight is 169 g/mol. The molecule has 0 radical (unpaired) electrons. The first-order valence-corrected chi connectivity index (χ1v) is 4.74. The van der Waals surface area contributed by atoms with Crippen LogP contribution in [0.25, 0.3) is 0 Å². The van der Waals surface area contributed by atoms with Gasteiger partial charge in [-0.25, -0.2) is 0 Å². The number of likely N-dealkylation sites (tertiary alicyclic amines) is 1. The van der Waals surface area contributed by atoms with Crippen molar-refractivity contribution in [1.29, 1.82) is 0 Å². The van der Waals surface area contributed by atoms with Crippen LogP contribution in [0.15, 0.2) is 11.6 Å². The fraction of sp³-hybridized carbons (Fsp3) is 0.800. The van der Waals surface area contributed by atoms with Crippen LogP contribution in [0.4, 0.5) is 0 Å². The Bertz CT molecular complexity index is 165. The van der Waals surface area contributed by atoms with Gasteiger partial charge in [0, 0.05) is 13.1 Å². The van der Waals surface area contributed by atoms with Crippen molar-refractivity contribution in [1.82, 2.24) is 4.90 Å². The van der Waals surface area contributed by atoms with Crippen LogP contribution in [0.5, 0.6) is 0 Å². The maximum atomic E-state index is 9.40. The van der Waals surface area contributed by atoms with E-state index in [1.54, 1.807) is 0 Å². The van der Waals surface area contributed by atoms with E-state index in [-0.39, 0.29) is 6.10 Å². The lowest BCUT2D eigenvalue weighted by atomic mass is 10.1. The van der Waals surface area contributed by atoms with E-state index in [0.29, 0.717) is 0 Å². The maximum absolute atomic E-state index is 9.40. The van der Waals surface area contributed by atoms with Gasteiger partial charge in [-0.15, -0.1) is 0 Å². The molecule has 2 heteroatoms. The van der Waals surface area contributed by atoms with E-state index in [9.17, 15) is 5.11 Å². The number of hydrogen-bond donors (Lipinski definition) is 1. The van der Waals surface area contributed by atoms with Gasteiger partial charge < -0.3 is 5.11 Å². The largest absolute Gasteiger partial charge is 0.392 e. The molecule has 1 atom stereocenters. The summed E-state index contributed by atoms with van der Waals surface area (Å²) in [6.07, 6.45) is 4.16. The van der Waals surface area contributed by atoms with Crippen molar-refractivity contribution in [3.63, 3.8) is 0 Å². The fourth-order valence-electron chi connectivity index (χ4n) is 1.62. The van der Waals surface area contributed by atoms with E-state index in [1.807, 2.05) is 0 Å². The Balaban J connectivity index is 2.32. The summed E-state index contributed by atoms with van der Waals surface area (Å²) in [5.74, 6) is 0. The molecule has 1 aliphatic heterocycles. The number of hydrogen-bond acceptors (Lipinski definition) is 2. The zero-order valence-electron chi connectivity index (χ0n) is 8.08. The van der Waals surface area contributed by atoms with Gasteiger partial charge in [-0.3, -0.25) is 4.90 Å². The normalized spacial score (nSPS) is 27.6. The molecule has 2 nitrogen and oxygen atoms in total. The van der Waals surface area contributed by atoms with Gasteiger partial charge in [0.15, 0.2) is 0 Å². The highest BCUT2D eigenvalue weighted by Crippen LogP contribution is 2.10. The quantitative estimate of drug-likeness (QED) is 0.632. The van der Waals surface area contributed by atoms with E-state index in [4.69, 9.17) is 0 Å². The topological polar surface area (TPSA) is 23.5 Å². The molecule has 0 aromatic carbocycles. The first-order chi connectivity index (χ1) is 5.72. The zero-order chi connectivity index (χ0) is 8.97. The summed E-state index contributed by atoms with van der Waals surface area (Å²) in [6, 6.07) is 0. The summed E-state index contributed by atoms with van der Waals surface area (Å²) in [4.78, 5) is 2.32. The second-order valence-electron chi connectivity index (χ2n) is 3.67. The molecule has 0 aliphatic carbocycles. The smallest absolute Gasteiger partial charge is 0.0667 e. The minimum Gasteiger partial charge on any atom is -0.392 e. The molecule has 1 saturated heterocycles. The molecule has 1 rings (SSSR count). The average Bonchev–Trinajstić information content (AvgIpc) is 2.04. The second kappa shape index (κ2) is 4.63. The lowest BCUT2D eigenvalue weighted by Crippen LogP contribution is -2.38. The van der Waals surface area contributed by atoms with Gasteiger partial charge in [0.05, 0.1) is 6.10 Å². The van der Waals surface area contributed by atoms with Gasteiger partial charge in [0.1, 0.15) is 0 Å². The molecule has 1 aliphatic rings. The number of nitrogens with zero attached hydrogens (tertiary/aromatic N) is 1. The molecule has 1 N–H and O–H groups in total. The summed E-state index contributed by atoms with van der Waals surface area (Å²) in [5, 5.41) is 9.40. The standard InChI is InChI=1S/C10H19NO/c1-3-9(2)7-11-6-4-5-10(12)8-11/h3,10,12H,4-8H2,1-2H3/b9-3+. The summed E-state index contributed by atoms with van der Waals surface area (Å²) >= 11 is 0. The van der Waals surface area contributed by atoms with Crippen LogP contribution in [-0.4, -0.2) is 35.7 Å². The van der Waals surface area contributed by atoms with Crippen molar-refractivity contribution in [3.8, 4) is 0 Å². The molecule has 0 amide bonds. The summed E-state index contributed by atoms with van der Waals surface area (Å²) in [6.45, 7) is 7.22. The molecular weight excluding hydrogens is 150 g/mol. The number of rotatable bonds is 2. The van der Waals surface area contributed by atoms with E-state index in [1.165, 1.54) is 5.57 Å². The Morgan fingerprint density at radius 1 is 1.67 bits per heavy atom. The lowest BCUT2D eigenvalue weighted by molar-refractivity contribution is 0.0757. The first-order valence-electron chi connectivity index (χ1n) is 4.74. The number of β-amino-alcohol motifs (C(OH)–C–C–N with tert-alkyl or cyclic N) is 1. The fourth-order valence-corrected chi connectivity index (χ4v) is 1.62. The predicted octanol–water partition coefficient (Wildman–Crippen LogP) is 1.41. The van der Waals surface area contributed by atoms with Crippen molar-refractivity contribution >= 4 is 0 Å². The monoisotopic (exact) mass is 169 g/mol. The Morgan fingerprint density at radius 3 is 3.00 bits per heavy atom. The molecule has 1 unspecified atom stereocenters. The summed E-state index contributed by atoms with van der Waals surface area (Å²) in [5.41, 5.74) is 1.39. The Morgan fingerprint density at radius 2 is 2.42 bits per heavy atom. The van der Waals surface area contributed by atoms with Gasteiger partial charge in [-0.05, 0) is 33.2 Å². The third-order valence-corrected chi connectivity index (χ3v) is 2.45. The SMILES string of the molecule is C/C=C(\C)CN1CCCC(O)C1. The van der Waals surface area contributed by atoms with Crippen LogP contribution in [0, 0.1) is 0 Å². The molecule has 0 aromatic heterocycles. The molecule has 12 heavy (non-hydrogen) atoms. The zero-order valence-corrected chi connectivity index (χ0v) is 8.08. The lowest BCUT2D eigenvalue weighted by Gasteiger charge is -2.30. The molecule has 0 bridgehead atoms. The van der Waals surface area contributed by atoms with Crippen molar-refractivity contribution in [2.24, 2.45) is 0 Å². The van der Waals surface area contributed by atoms with E-state index in [2.05, 4.69) is 24.8 Å². The van der Waals surface area contributed by atoms with E-state index >= 15 is 0 Å². The summed E-state index contributed by atoms with van der Waals surface area (Å²) < 4.78 is 0. The molecule has 0 saturated carbocycles. The van der Waals surface area contributed by atoms with Gasteiger partial charge in [0.25, 0.3) is 0 Å². The molecule has 1 heterocycles. The van der Waals surface area contributed by atoms with E-state index in [0.717, 1.165) is 32.5 Å². The Labute approximate surface area is 74.9 Å². The minimum absolute atomic E-state index is 0.0941. The number of allylic oxidation sites excluding steroid dienone is 1. The van der Waals surface area contributed by atoms with Gasteiger partial charge in [-0.2, -0.15) is 0 Å². The number of aliphatic hydroxyl groups is 1.